The number of phenolic OH excluding ortho intramolecular Hbond substituents is 1. The number of furan rings is 1. The molecule has 3 saturated carbocycles. The summed E-state index contributed by atoms with van der Waals surface area (Å²) in [7, 11) is 5.70. The summed E-state index contributed by atoms with van der Waals surface area (Å²) < 4.78 is 12.7. The standard InChI is InChI=1S/C55H86N6O7S2/c1-32-9-16-40-37-22-34(11-17-42(40)44(45(56)25-37)30-69-70-31-49(32)61-55(57)58-3)13-20-52-38(28-63)24-39(68-52)15-10-35-12-19-50(65)53(23-35)67-29-51(66)48-26-43-46(60-48)18-14-36-6-4-7-41(36)54(43)47(8-5-21-62)59-27-33(2)64/h12,19,23-24,26,32-34,36-37,40-42,44-45,47,49,51,54,59-60,62-66H,4-11,13-18,20-22,25,27-31,56H2,1-3H3,(H3,57,58,61)/t32-,33-,34+,36+,37+,40-,41-,42+,44+,45+,47-,49+,51-,54+/m0/s1. The number of aromatic hydroxyl groups is 1. The van der Waals surface area contributed by atoms with Crippen LogP contribution in [0.1, 0.15) is 149 Å². The number of aliphatic imine (C=N–C) groups is 1. The highest BCUT2D eigenvalue weighted by Gasteiger charge is 2.46. The van der Waals surface area contributed by atoms with Gasteiger partial charge in [0, 0.05) is 85.5 Å². The van der Waals surface area contributed by atoms with E-state index in [0.29, 0.717) is 96.6 Å². The molecule has 8 rings (SSSR count). The molecule has 5 aliphatic rings. The van der Waals surface area contributed by atoms with E-state index in [-0.39, 0.29) is 43.6 Å². The molecule has 1 aromatic carbocycles. The summed E-state index contributed by atoms with van der Waals surface area (Å²) >= 11 is 0. The number of aromatic amines is 1. The van der Waals surface area contributed by atoms with Crippen molar-refractivity contribution in [3.8, 4) is 11.5 Å². The number of guanidine groups is 1. The van der Waals surface area contributed by atoms with Crippen molar-refractivity contribution in [1.82, 2.24) is 15.6 Å². The SMILES string of the molecule is CN=C(N)N[C@@H]1CSSC[C@@H]2[C@@H]3CC[C@H](CCc4oc(CCc5ccc(O)c(OC[C@H](O)c6cc7c([nH]6)CC[C@H]6CCC[C@@H]6[C@H]7[C@H](CCCO)NC[C@H](C)O)c5)cc4CO)C[C@H](C[C@H]2N)[C@@H]3CC[C@@H]1C. The van der Waals surface area contributed by atoms with E-state index < -0.39 is 12.2 Å². The third kappa shape index (κ3) is 13.3. The van der Waals surface area contributed by atoms with Gasteiger partial charge >= 0.3 is 0 Å². The molecule has 4 bridgehead atoms. The molecule has 1 aliphatic heterocycles. The first-order chi connectivity index (χ1) is 33.9. The van der Waals surface area contributed by atoms with Crippen LogP contribution in [0.3, 0.4) is 0 Å². The number of aromatic nitrogens is 1. The van der Waals surface area contributed by atoms with Gasteiger partial charge in [0.1, 0.15) is 24.2 Å². The van der Waals surface area contributed by atoms with E-state index >= 15 is 0 Å². The van der Waals surface area contributed by atoms with E-state index in [1.165, 1.54) is 50.5 Å². The van der Waals surface area contributed by atoms with Crippen LogP contribution in [0.5, 0.6) is 11.5 Å². The minimum absolute atomic E-state index is 0.0200. The number of aliphatic hydroxyl groups is 4. The minimum Gasteiger partial charge on any atom is -0.504 e. The molecule has 4 aliphatic carbocycles. The highest BCUT2D eigenvalue weighted by molar-refractivity contribution is 8.76. The molecular weight excluding hydrogens is 921 g/mol. The molecular formula is C55H86N6O7S2. The van der Waals surface area contributed by atoms with Crippen molar-refractivity contribution < 1.29 is 34.7 Å². The zero-order chi connectivity index (χ0) is 49.3. The van der Waals surface area contributed by atoms with Crippen LogP contribution in [0.25, 0.3) is 0 Å². The lowest BCUT2D eigenvalue weighted by atomic mass is 9.62. The number of nitrogens with zero attached hydrogens (tertiary/aromatic N) is 1. The van der Waals surface area contributed by atoms with Gasteiger partial charge in [-0.3, -0.25) is 4.99 Å². The van der Waals surface area contributed by atoms with Crippen LogP contribution in [0.4, 0.5) is 0 Å². The highest BCUT2D eigenvalue weighted by Crippen LogP contribution is 2.53. The topological polar surface area (TPSA) is 228 Å². The number of nitrogens with two attached hydrogens (primary N) is 2. The normalized spacial score (nSPS) is 30.8. The Balaban J connectivity index is 0.867. The number of H-pyrrole nitrogens is 1. The van der Waals surface area contributed by atoms with Crippen molar-refractivity contribution in [2.75, 3.05) is 38.3 Å². The largest absolute Gasteiger partial charge is 0.504 e. The summed E-state index contributed by atoms with van der Waals surface area (Å²) in [6.45, 7) is 4.71. The summed E-state index contributed by atoms with van der Waals surface area (Å²) in [6, 6.07) is 10.2. The molecule has 15 heteroatoms. The highest BCUT2D eigenvalue weighted by atomic mass is 33.1. The molecule has 13 nitrogen and oxygen atoms in total. The van der Waals surface area contributed by atoms with Crippen LogP contribution in [-0.4, -0.2) is 99.0 Å². The smallest absolute Gasteiger partial charge is 0.188 e. The molecule has 0 radical (unpaired) electrons. The number of hydrogen-bond donors (Lipinski definition) is 10. The van der Waals surface area contributed by atoms with Crippen LogP contribution in [-0.2, 0) is 32.3 Å². The lowest BCUT2D eigenvalue weighted by molar-refractivity contribution is 0.0714. The second kappa shape index (κ2) is 25.4. The summed E-state index contributed by atoms with van der Waals surface area (Å²) in [5.74, 6) is 9.74. The van der Waals surface area contributed by atoms with Crippen molar-refractivity contribution in [3.63, 3.8) is 0 Å². The number of phenols is 1. The van der Waals surface area contributed by atoms with E-state index in [1.807, 2.05) is 39.8 Å². The molecule has 70 heavy (non-hydrogen) atoms. The van der Waals surface area contributed by atoms with Gasteiger partial charge in [0.15, 0.2) is 17.5 Å². The predicted molar refractivity (Wildman–Crippen MR) is 283 cm³/mol. The predicted octanol–water partition coefficient (Wildman–Crippen LogP) is 7.90. The van der Waals surface area contributed by atoms with Gasteiger partial charge in [-0.25, -0.2) is 0 Å². The maximum atomic E-state index is 11.5. The summed E-state index contributed by atoms with van der Waals surface area (Å²) in [5, 5.41) is 60.0. The third-order valence-corrected chi connectivity index (χ3v) is 20.1. The minimum atomic E-state index is -0.933. The van der Waals surface area contributed by atoms with Crippen molar-refractivity contribution in [2.45, 2.75) is 166 Å². The number of nitrogens with one attached hydrogen (secondary N) is 3. The Kier molecular flexibility index (Phi) is 19.4. The van der Waals surface area contributed by atoms with Gasteiger partial charge in [0.25, 0.3) is 0 Å². The van der Waals surface area contributed by atoms with Gasteiger partial charge in [-0.05, 0) is 167 Å². The first-order valence-corrected chi connectivity index (χ1v) is 29.5. The van der Waals surface area contributed by atoms with Gasteiger partial charge < -0.3 is 61.8 Å². The molecule has 0 amide bonds. The van der Waals surface area contributed by atoms with Crippen LogP contribution >= 0.6 is 21.6 Å². The van der Waals surface area contributed by atoms with Crippen molar-refractivity contribution in [1.29, 1.82) is 0 Å². The monoisotopic (exact) mass is 1010 g/mol. The number of fused-ring (bicyclic) bond motifs is 2. The number of aliphatic hydroxyl groups excluding tert-OH is 4. The first-order valence-electron chi connectivity index (χ1n) is 27.0. The summed E-state index contributed by atoms with van der Waals surface area (Å²) in [6.07, 6.45) is 16.1. The molecule has 14 atom stereocenters. The first kappa shape index (κ1) is 53.4. The lowest BCUT2D eigenvalue weighted by Gasteiger charge is -2.46. The Labute approximate surface area is 425 Å². The quantitative estimate of drug-likeness (QED) is 0.0313. The fourth-order valence-electron chi connectivity index (χ4n) is 13.7. The van der Waals surface area contributed by atoms with Gasteiger partial charge in [0.05, 0.1) is 12.7 Å². The van der Waals surface area contributed by atoms with E-state index in [2.05, 4.69) is 33.6 Å². The maximum Gasteiger partial charge on any atom is 0.188 e. The number of aryl methyl sites for hydroxylation is 4. The van der Waals surface area contributed by atoms with Crippen LogP contribution < -0.4 is 26.8 Å². The van der Waals surface area contributed by atoms with Gasteiger partial charge in [-0.15, -0.1) is 0 Å². The molecule has 390 valence electrons. The Hall–Kier alpha value is -2.89. The third-order valence-electron chi connectivity index (χ3n) is 17.6. The zero-order valence-electron chi connectivity index (χ0n) is 42.2. The van der Waals surface area contributed by atoms with Crippen molar-refractivity contribution in [2.24, 2.45) is 63.8 Å². The summed E-state index contributed by atoms with van der Waals surface area (Å²) in [4.78, 5) is 7.78. The molecule has 3 aromatic rings. The van der Waals surface area contributed by atoms with Crippen molar-refractivity contribution >= 4 is 27.5 Å². The van der Waals surface area contributed by atoms with Crippen LogP contribution in [0, 0.1) is 47.3 Å². The number of rotatable bonds is 19. The number of ether oxygens (including phenoxy) is 1. The van der Waals surface area contributed by atoms with E-state index in [1.54, 1.807) is 20.0 Å². The van der Waals surface area contributed by atoms with E-state index in [4.69, 9.17) is 20.6 Å². The van der Waals surface area contributed by atoms with E-state index in [0.717, 1.165) is 84.8 Å². The lowest BCUT2D eigenvalue weighted by Crippen LogP contribution is -2.48. The Bertz CT molecular complexity index is 2130. The fourth-order valence-corrected chi connectivity index (χ4v) is 16.6. The fraction of sp³-hybridized carbons (Fsp3) is 0.727. The molecule has 3 heterocycles. The molecule has 1 saturated heterocycles. The van der Waals surface area contributed by atoms with E-state index in [9.17, 15) is 25.5 Å². The summed E-state index contributed by atoms with van der Waals surface area (Å²) in [5.41, 5.74) is 18.1. The molecule has 12 N–H and O–H groups in total. The van der Waals surface area contributed by atoms with Gasteiger partial charge in [0.2, 0.25) is 0 Å². The zero-order valence-corrected chi connectivity index (χ0v) is 43.8. The average Bonchev–Trinajstić information content (AvgIpc) is 4.07. The van der Waals surface area contributed by atoms with Crippen LogP contribution in [0.15, 0.2) is 39.7 Å². The molecule has 0 unspecified atom stereocenters. The molecule has 4 fully saturated rings. The van der Waals surface area contributed by atoms with Crippen LogP contribution in [0.2, 0.25) is 0 Å². The maximum absolute atomic E-state index is 11.5. The Morgan fingerprint density at radius 3 is 2.57 bits per heavy atom. The average molecular weight is 1010 g/mol. The number of hydrogen-bond acceptors (Lipinski definition) is 12. The van der Waals surface area contributed by atoms with Gasteiger partial charge in [-0.1, -0.05) is 53.8 Å². The number of benzene rings is 1. The molecule has 2 aromatic heterocycles. The Morgan fingerprint density at radius 2 is 1.77 bits per heavy atom. The Morgan fingerprint density at radius 1 is 0.943 bits per heavy atom. The molecule has 0 spiro atoms. The second-order valence-corrected chi connectivity index (χ2v) is 24.7. The van der Waals surface area contributed by atoms with Crippen molar-refractivity contribution in [3.05, 3.63) is 69.9 Å². The second-order valence-electron chi connectivity index (χ2n) is 22.1. The van der Waals surface area contributed by atoms with Gasteiger partial charge in [-0.2, -0.15) is 0 Å².